The number of rotatable bonds is 1. The molecule has 0 aromatic heterocycles. The van der Waals surface area contributed by atoms with Gasteiger partial charge in [-0.25, -0.2) is 26.3 Å². The molecule has 2 aromatic rings. The van der Waals surface area contributed by atoms with Crippen LogP contribution in [0, 0.1) is 29.7 Å². The molecule has 0 unspecified atom stereocenters. The van der Waals surface area contributed by atoms with E-state index < -0.39 is 51.6 Å². The smallest absolute Gasteiger partial charge is 0.170 e. The molecule has 0 N–H and O–H groups in total. The summed E-state index contributed by atoms with van der Waals surface area (Å²) in [5, 5.41) is 0. The molecule has 0 bridgehead atoms. The number of halogens is 6. The third-order valence-electron chi connectivity index (χ3n) is 3.17. The van der Waals surface area contributed by atoms with Crippen LogP contribution in [0.4, 0.5) is 26.3 Å². The summed E-state index contributed by atoms with van der Waals surface area (Å²) in [7, 11) is 0. The lowest BCUT2D eigenvalue weighted by atomic mass is 9.98. The van der Waals surface area contributed by atoms with E-state index >= 15 is 0 Å². The van der Waals surface area contributed by atoms with Gasteiger partial charge in [-0.15, -0.1) is 0 Å². The van der Waals surface area contributed by atoms with Gasteiger partial charge >= 0.3 is 0 Å². The Bertz CT molecular complexity index is 791. The summed E-state index contributed by atoms with van der Waals surface area (Å²) in [6.07, 6.45) is 0.661. The maximum Gasteiger partial charge on any atom is 0.170 e. The van der Waals surface area contributed by atoms with E-state index in [1.807, 2.05) is 0 Å². The van der Waals surface area contributed by atoms with Crippen LogP contribution < -0.4 is 0 Å². The van der Waals surface area contributed by atoms with Crippen molar-refractivity contribution in [1.29, 1.82) is 0 Å². The maximum absolute atomic E-state index is 14.0. The Hall–Kier alpha value is -2.24. The minimum atomic E-state index is -1.65. The lowest BCUT2D eigenvalue weighted by Gasteiger charge is -2.10. The van der Waals surface area contributed by atoms with Crippen LogP contribution in [0.15, 0.2) is 30.1 Å². The molecule has 0 saturated heterocycles. The maximum atomic E-state index is 14.0. The zero-order valence-corrected chi connectivity index (χ0v) is 10.2. The molecule has 1 aliphatic carbocycles. The molecule has 0 amide bonds. The minimum absolute atomic E-state index is 0.275. The summed E-state index contributed by atoms with van der Waals surface area (Å²) in [6.45, 7) is 0. The highest BCUT2D eigenvalue weighted by molar-refractivity contribution is 5.79. The summed E-state index contributed by atoms with van der Waals surface area (Å²) in [6, 6.07) is 3.11. The summed E-state index contributed by atoms with van der Waals surface area (Å²) >= 11 is 0. The number of hydrogen-bond acceptors (Lipinski definition) is 0. The second kappa shape index (κ2) is 4.65. The number of allylic oxidation sites excluding steroid dienone is 1. The molecule has 0 spiro atoms. The van der Waals surface area contributed by atoms with E-state index in [0.29, 0.717) is 12.5 Å². The summed E-state index contributed by atoms with van der Waals surface area (Å²) < 4.78 is 81.1. The molecule has 3 rings (SSSR count). The number of benzene rings is 2. The molecule has 0 nitrogen and oxygen atoms in total. The predicted octanol–water partition coefficient (Wildman–Crippen LogP) is 5.08. The Morgan fingerprint density at radius 1 is 0.714 bits per heavy atom. The predicted molar refractivity (Wildman–Crippen MR) is 64.2 cm³/mol. The van der Waals surface area contributed by atoms with Crippen molar-refractivity contribution >= 4 is 5.83 Å². The van der Waals surface area contributed by atoms with Crippen molar-refractivity contribution in [3.63, 3.8) is 0 Å². The lowest BCUT2D eigenvalue weighted by Crippen LogP contribution is -1.99. The van der Waals surface area contributed by atoms with Gasteiger partial charge in [0.2, 0.25) is 0 Å². The molecule has 2 aromatic carbocycles. The first-order valence-electron chi connectivity index (χ1n) is 5.78. The standard InChI is InChI=1S/C15H5F6/c16-7-1-2-10(17)8(5-7)9-3-6-4-11(18)14(20)12(6)15(21)13(9)19/h1-5H. The number of hydrogen-bond donors (Lipinski definition) is 0. The normalized spacial score (nSPS) is 13.8. The van der Waals surface area contributed by atoms with E-state index in [1.165, 1.54) is 0 Å². The van der Waals surface area contributed by atoms with Gasteiger partial charge in [0.25, 0.3) is 0 Å². The van der Waals surface area contributed by atoms with Crippen molar-refractivity contribution < 1.29 is 26.3 Å². The zero-order chi connectivity index (χ0) is 15.3. The highest BCUT2D eigenvalue weighted by atomic mass is 19.2. The van der Waals surface area contributed by atoms with Crippen LogP contribution >= 0.6 is 0 Å². The van der Waals surface area contributed by atoms with Crippen molar-refractivity contribution in [1.82, 2.24) is 0 Å². The Balaban J connectivity index is 2.27. The zero-order valence-electron chi connectivity index (χ0n) is 10.2. The minimum Gasteiger partial charge on any atom is -0.208 e. The van der Waals surface area contributed by atoms with Gasteiger partial charge in [0.05, 0.1) is 12.0 Å². The molecule has 1 aliphatic rings. The van der Waals surface area contributed by atoms with Crippen LogP contribution in [0.1, 0.15) is 11.1 Å². The Morgan fingerprint density at radius 3 is 2.14 bits per heavy atom. The van der Waals surface area contributed by atoms with Crippen molar-refractivity contribution in [2.24, 2.45) is 0 Å². The molecule has 0 saturated carbocycles. The molecular formula is C15H5F6. The third kappa shape index (κ3) is 2.02. The van der Waals surface area contributed by atoms with Crippen LogP contribution in [-0.2, 0) is 0 Å². The Morgan fingerprint density at radius 2 is 1.43 bits per heavy atom. The van der Waals surface area contributed by atoms with E-state index in [1.54, 1.807) is 0 Å². The SMILES string of the molecule is FC1=C(F)c2c(cc(-c3cc(F)ccc3F)c(F)c2F)[CH]1. The van der Waals surface area contributed by atoms with Gasteiger partial charge in [-0.05, 0) is 29.8 Å². The van der Waals surface area contributed by atoms with Crippen molar-refractivity contribution in [3.8, 4) is 11.1 Å². The van der Waals surface area contributed by atoms with Crippen LogP contribution in [0.2, 0.25) is 0 Å². The first kappa shape index (κ1) is 13.7. The van der Waals surface area contributed by atoms with E-state index in [-0.39, 0.29) is 5.56 Å². The topological polar surface area (TPSA) is 0 Å². The highest BCUT2D eigenvalue weighted by Gasteiger charge is 2.30. The van der Waals surface area contributed by atoms with Gasteiger partial charge in [-0.1, -0.05) is 0 Å². The van der Waals surface area contributed by atoms with E-state index in [4.69, 9.17) is 0 Å². The van der Waals surface area contributed by atoms with Crippen LogP contribution in [0.3, 0.4) is 0 Å². The molecule has 0 heterocycles. The fraction of sp³-hybridized carbons (Fsp3) is 0. The van der Waals surface area contributed by atoms with E-state index in [2.05, 4.69) is 0 Å². The van der Waals surface area contributed by atoms with Crippen molar-refractivity contribution in [2.45, 2.75) is 0 Å². The summed E-state index contributed by atoms with van der Waals surface area (Å²) in [5.74, 6) is -7.93. The summed E-state index contributed by atoms with van der Waals surface area (Å²) in [4.78, 5) is 0. The molecule has 0 aliphatic heterocycles. The first-order chi connectivity index (χ1) is 9.90. The molecule has 6 heteroatoms. The fourth-order valence-corrected chi connectivity index (χ4v) is 2.20. The third-order valence-corrected chi connectivity index (χ3v) is 3.17. The van der Waals surface area contributed by atoms with Crippen molar-refractivity contribution in [3.05, 3.63) is 70.9 Å². The summed E-state index contributed by atoms with van der Waals surface area (Å²) in [5.41, 5.74) is -2.27. The van der Waals surface area contributed by atoms with Gasteiger partial charge in [-0.2, -0.15) is 0 Å². The Kier molecular flexibility index (Phi) is 3.04. The average molecular weight is 299 g/mol. The molecule has 21 heavy (non-hydrogen) atoms. The van der Waals surface area contributed by atoms with Crippen molar-refractivity contribution in [2.75, 3.05) is 0 Å². The van der Waals surface area contributed by atoms with Gasteiger partial charge in [0.15, 0.2) is 17.5 Å². The van der Waals surface area contributed by atoms with Gasteiger partial charge < -0.3 is 0 Å². The van der Waals surface area contributed by atoms with Gasteiger partial charge in [0.1, 0.15) is 17.5 Å². The highest BCUT2D eigenvalue weighted by Crippen LogP contribution is 2.41. The van der Waals surface area contributed by atoms with Crippen LogP contribution in [0.5, 0.6) is 0 Å². The van der Waals surface area contributed by atoms with Gasteiger partial charge in [0, 0.05) is 11.1 Å². The van der Waals surface area contributed by atoms with E-state index in [0.717, 1.165) is 18.2 Å². The molecule has 0 fully saturated rings. The Labute approximate surface area is 115 Å². The van der Waals surface area contributed by atoms with Crippen LogP contribution in [0.25, 0.3) is 17.0 Å². The molecule has 0 atom stereocenters. The fourth-order valence-electron chi connectivity index (χ4n) is 2.20. The number of fused-ring (bicyclic) bond motifs is 1. The second-order valence-electron chi connectivity index (χ2n) is 4.45. The largest absolute Gasteiger partial charge is 0.208 e. The van der Waals surface area contributed by atoms with Gasteiger partial charge in [-0.3, -0.25) is 0 Å². The van der Waals surface area contributed by atoms with E-state index in [9.17, 15) is 26.3 Å². The second-order valence-corrected chi connectivity index (χ2v) is 4.45. The van der Waals surface area contributed by atoms with Crippen LogP contribution in [-0.4, -0.2) is 0 Å². The molecule has 107 valence electrons. The molecular weight excluding hydrogens is 294 g/mol. The molecule has 1 radical (unpaired) electrons. The first-order valence-corrected chi connectivity index (χ1v) is 5.78. The quantitative estimate of drug-likeness (QED) is 0.644. The monoisotopic (exact) mass is 299 g/mol. The average Bonchev–Trinajstić information content (AvgIpc) is 2.72. The lowest BCUT2D eigenvalue weighted by molar-refractivity contribution is 0.504.